The van der Waals surface area contributed by atoms with Crippen molar-refractivity contribution in [3.05, 3.63) is 48.2 Å². The Kier molecular flexibility index (Phi) is 3.71. The summed E-state index contributed by atoms with van der Waals surface area (Å²) in [5.41, 5.74) is 7.14. The van der Waals surface area contributed by atoms with E-state index in [4.69, 9.17) is 5.73 Å². The SMILES string of the molecule is CS(=O)(=O)c1ccc(CNc2ccc(N)cn2)cc1. The van der Waals surface area contributed by atoms with Gasteiger partial charge in [0, 0.05) is 12.8 Å². The van der Waals surface area contributed by atoms with E-state index in [0.29, 0.717) is 17.1 Å². The van der Waals surface area contributed by atoms with Crippen LogP contribution in [0.4, 0.5) is 11.5 Å². The molecule has 0 saturated heterocycles. The van der Waals surface area contributed by atoms with Gasteiger partial charge in [0.05, 0.1) is 16.8 Å². The molecular formula is C13H15N3O2S. The zero-order valence-corrected chi connectivity index (χ0v) is 11.3. The van der Waals surface area contributed by atoms with Crippen LogP contribution in [0.15, 0.2) is 47.5 Å². The number of nitrogens with one attached hydrogen (secondary N) is 1. The highest BCUT2D eigenvalue weighted by Gasteiger charge is 2.05. The normalized spacial score (nSPS) is 11.2. The van der Waals surface area contributed by atoms with Crippen molar-refractivity contribution in [2.45, 2.75) is 11.4 Å². The van der Waals surface area contributed by atoms with Gasteiger partial charge in [0.25, 0.3) is 0 Å². The van der Waals surface area contributed by atoms with Crippen molar-refractivity contribution >= 4 is 21.3 Å². The van der Waals surface area contributed by atoms with Gasteiger partial charge in [0.2, 0.25) is 0 Å². The minimum absolute atomic E-state index is 0.321. The lowest BCUT2D eigenvalue weighted by Gasteiger charge is -2.06. The largest absolute Gasteiger partial charge is 0.397 e. The number of anilines is 2. The molecule has 0 spiro atoms. The van der Waals surface area contributed by atoms with Crippen molar-refractivity contribution in [3.8, 4) is 0 Å². The zero-order valence-electron chi connectivity index (χ0n) is 10.5. The van der Waals surface area contributed by atoms with Crippen LogP contribution >= 0.6 is 0 Å². The fourth-order valence-electron chi connectivity index (χ4n) is 1.56. The third kappa shape index (κ3) is 3.69. The quantitative estimate of drug-likeness (QED) is 0.888. The molecule has 1 heterocycles. The summed E-state index contributed by atoms with van der Waals surface area (Å²) >= 11 is 0. The topological polar surface area (TPSA) is 85.1 Å². The van der Waals surface area contributed by atoms with Gasteiger partial charge in [-0.25, -0.2) is 13.4 Å². The van der Waals surface area contributed by atoms with Gasteiger partial charge >= 0.3 is 0 Å². The van der Waals surface area contributed by atoms with Crippen LogP contribution in [0.5, 0.6) is 0 Å². The van der Waals surface area contributed by atoms with Crippen LogP contribution in [0, 0.1) is 0 Å². The van der Waals surface area contributed by atoms with Gasteiger partial charge in [0.1, 0.15) is 5.82 Å². The van der Waals surface area contributed by atoms with Crippen LogP contribution in [0.2, 0.25) is 0 Å². The van der Waals surface area contributed by atoms with Crippen LogP contribution in [0.1, 0.15) is 5.56 Å². The molecule has 1 aromatic heterocycles. The molecule has 0 amide bonds. The molecular weight excluding hydrogens is 262 g/mol. The van der Waals surface area contributed by atoms with Gasteiger partial charge < -0.3 is 11.1 Å². The molecule has 0 aliphatic heterocycles. The number of sulfone groups is 1. The van der Waals surface area contributed by atoms with Gasteiger partial charge in [-0.15, -0.1) is 0 Å². The van der Waals surface area contributed by atoms with Crippen molar-refractivity contribution < 1.29 is 8.42 Å². The summed E-state index contributed by atoms with van der Waals surface area (Å²) in [6.45, 7) is 0.570. The Morgan fingerprint density at radius 3 is 2.37 bits per heavy atom. The summed E-state index contributed by atoms with van der Waals surface area (Å²) in [7, 11) is -3.14. The Hall–Kier alpha value is -2.08. The lowest BCUT2D eigenvalue weighted by molar-refractivity contribution is 0.602. The molecule has 0 unspecified atom stereocenters. The molecule has 0 aliphatic carbocycles. The molecule has 0 saturated carbocycles. The molecule has 2 aromatic rings. The van der Waals surface area contributed by atoms with Crippen molar-refractivity contribution in [2.75, 3.05) is 17.3 Å². The number of nitrogens with two attached hydrogens (primary N) is 1. The van der Waals surface area contributed by atoms with E-state index in [2.05, 4.69) is 10.3 Å². The second-order valence-corrected chi connectivity index (χ2v) is 6.26. The van der Waals surface area contributed by atoms with Gasteiger partial charge in [-0.1, -0.05) is 12.1 Å². The summed E-state index contributed by atoms with van der Waals surface area (Å²) in [6.07, 6.45) is 2.77. The zero-order chi connectivity index (χ0) is 13.9. The average Bonchev–Trinajstić information content (AvgIpc) is 2.37. The van der Waals surface area contributed by atoms with Crippen LogP contribution < -0.4 is 11.1 Å². The first-order chi connectivity index (χ1) is 8.95. The van der Waals surface area contributed by atoms with Crippen LogP contribution in [-0.2, 0) is 16.4 Å². The number of nitrogens with zero attached hydrogens (tertiary/aromatic N) is 1. The fraction of sp³-hybridized carbons (Fsp3) is 0.154. The molecule has 0 bridgehead atoms. The number of aromatic nitrogens is 1. The molecule has 2 rings (SSSR count). The molecule has 19 heavy (non-hydrogen) atoms. The first-order valence-corrected chi connectivity index (χ1v) is 7.59. The van der Waals surface area contributed by atoms with Crippen molar-refractivity contribution in [1.29, 1.82) is 0 Å². The van der Waals surface area contributed by atoms with Gasteiger partial charge in [-0.3, -0.25) is 0 Å². The van der Waals surface area contributed by atoms with E-state index < -0.39 is 9.84 Å². The van der Waals surface area contributed by atoms with Crippen molar-refractivity contribution in [1.82, 2.24) is 4.98 Å². The summed E-state index contributed by atoms with van der Waals surface area (Å²) in [5, 5.41) is 3.13. The Morgan fingerprint density at radius 2 is 1.84 bits per heavy atom. The minimum Gasteiger partial charge on any atom is -0.397 e. The number of nitrogen functional groups attached to an aromatic ring is 1. The van der Waals surface area contributed by atoms with Gasteiger partial charge in [0.15, 0.2) is 9.84 Å². The maximum atomic E-state index is 11.3. The summed E-state index contributed by atoms with van der Waals surface area (Å²) in [5.74, 6) is 0.724. The predicted molar refractivity (Wildman–Crippen MR) is 75.5 cm³/mol. The van der Waals surface area contributed by atoms with E-state index in [9.17, 15) is 8.42 Å². The molecule has 0 aliphatic rings. The van der Waals surface area contributed by atoms with Gasteiger partial charge in [-0.05, 0) is 29.8 Å². The first-order valence-electron chi connectivity index (χ1n) is 5.69. The van der Waals surface area contributed by atoms with E-state index in [1.165, 1.54) is 6.26 Å². The molecule has 3 N–H and O–H groups in total. The van der Waals surface area contributed by atoms with Gasteiger partial charge in [-0.2, -0.15) is 0 Å². The Labute approximate surface area is 112 Å². The number of rotatable bonds is 4. The number of pyridine rings is 1. The van der Waals surface area contributed by atoms with E-state index in [1.807, 2.05) is 0 Å². The third-order valence-corrected chi connectivity index (χ3v) is 3.74. The monoisotopic (exact) mass is 277 g/mol. The van der Waals surface area contributed by atoms with Crippen LogP contribution in [0.25, 0.3) is 0 Å². The average molecular weight is 277 g/mol. The first kappa shape index (κ1) is 13.4. The molecule has 1 aromatic carbocycles. The fourth-order valence-corrected chi connectivity index (χ4v) is 2.19. The highest BCUT2D eigenvalue weighted by atomic mass is 32.2. The van der Waals surface area contributed by atoms with Crippen LogP contribution in [0.3, 0.4) is 0 Å². The van der Waals surface area contributed by atoms with Crippen molar-refractivity contribution in [2.24, 2.45) is 0 Å². The van der Waals surface area contributed by atoms with E-state index >= 15 is 0 Å². The molecule has 5 nitrogen and oxygen atoms in total. The highest BCUT2D eigenvalue weighted by Crippen LogP contribution is 2.12. The van der Waals surface area contributed by atoms with E-state index in [1.54, 1.807) is 42.6 Å². The number of hydrogen-bond donors (Lipinski definition) is 2. The second-order valence-electron chi connectivity index (χ2n) is 4.25. The Balaban J connectivity index is 2.02. The summed E-state index contributed by atoms with van der Waals surface area (Å²) in [6, 6.07) is 10.3. The highest BCUT2D eigenvalue weighted by molar-refractivity contribution is 7.90. The third-order valence-electron chi connectivity index (χ3n) is 2.61. The Morgan fingerprint density at radius 1 is 1.16 bits per heavy atom. The van der Waals surface area contributed by atoms with E-state index in [-0.39, 0.29) is 0 Å². The smallest absolute Gasteiger partial charge is 0.175 e. The lowest BCUT2D eigenvalue weighted by Crippen LogP contribution is -2.02. The minimum atomic E-state index is -3.14. The predicted octanol–water partition coefficient (Wildman–Crippen LogP) is 1.68. The molecule has 0 atom stereocenters. The Bertz CT molecular complexity index is 649. The molecule has 6 heteroatoms. The molecule has 0 fully saturated rings. The number of hydrogen-bond acceptors (Lipinski definition) is 5. The molecule has 0 radical (unpaired) electrons. The van der Waals surface area contributed by atoms with Crippen molar-refractivity contribution in [3.63, 3.8) is 0 Å². The lowest BCUT2D eigenvalue weighted by atomic mass is 10.2. The standard InChI is InChI=1S/C13H15N3O2S/c1-19(17,18)12-5-2-10(3-6-12)8-15-13-7-4-11(14)9-16-13/h2-7,9H,8,14H2,1H3,(H,15,16). The van der Waals surface area contributed by atoms with Crippen LogP contribution in [-0.4, -0.2) is 19.7 Å². The maximum absolute atomic E-state index is 11.3. The summed E-state index contributed by atoms with van der Waals surface area (Å²) < 4.78 is 22.6. The van der Waals surface area contributed by atoms with E-state index in [0.717, 1.165) is 11.4 Å². The number of benzene rings is 1. The maximum Gasteiger partial charge on any atom is 0.175 e. The molecule has 100 valence electrons. The summed E-state index contributed by atoms with van der Waals surface area (Å²) in [4.78, 5) is 4.44. The second kappa shape index (κ2) is 5.27.